The molecule has 68 heavy (non-hydrogen) atoms. The zero-order valence-electron chi connectivity index (χ0n) is 38.5. The van der Waals surface area contributed by atoms with E-state index in [2.05, 4.69) is 221 Å². The first-order valence-corrected chi connectivity index (χ1v) is 23.6. The molecule has 2 aliphatic rings. The van der Waals surface area contributed by atoms with Crippen LogP contribution in [0.25, 0.3) is 89.2 Å². The van der Waals surface area contributed by atoms with E-state index in [4.69, 9.17) is 14.4 Å². The van der Waals surface area contributed by atoms with Gasteiger partial charge in [0.05, 0.1) is 17.1 Å². The van der Waals surface area contributed by atoms with Crippen LogP contribution in [0.2, 0.25) is 0 Å². The fourth-order valence-corrected chi connectivity index (χ4v) is 11.3. The minimum absolute atomic E-state index is 0.128. The van der Waals surface area contributed by atoms with E-state index < -0.39 is 0 Å². The molecular formula is C64H47N3O. The largest absolute Gasteiger partial charge is 0.456 e. The Morgan fingerprint density at radius 1 is 0.382 bits per heavy atom. The lowest BCUT2D eigenvalue weighted by molar-refractivity contribution is 0.660. The summed E-state index contributed by atoms with van der Waals surface area (Å²) in [6.45, 7) is 9.44. The Balaban J connectivity index is 0.944. The monoisotopic (exact) mass is 873 g/mol. The molecule has 0 unspecified atom stereocenters. The second-order valence-corrected chi connectivity index (χ2v) is 19.3. The molecule has 0 radical (unpaired) electrons. The standard InChI is InChI=1S/C64H47N3O/c1-63(2)52-25-14-12-22-48(52)61-53(63)26-16-27-57(61)67(45-34-35-47-46-21-11-13-24-51(46)64(3,4)54(47)38-45)44-32-29-40(30-33-44)43-31-36-58-50(37-43)60-49(23-15-28-59(60)68-58)56-39-55(41-17-7-5-8-18-41)65-62(66-56)42-19-9-6-10-20-42/h5-39H,1-4H3. The van der Waals surface area contributed by atoms with Crippen LogP contribution in [0.1, 0.15) is 49.9 Å². The molecule has 2 aromatic heterocycles. The van der Waals surface area contributed by atoms with Gasteiger partial charge in [0.15, 0.2) is 5.82 Å². The second kappa shape index (κ2) is 15.1. The van der Waals surface area contributed by atoms with Gasteiger partial charge in [-0.3, -0.25) is 0 Å². The number of rotatable bonds is 7. The fraction of sp³-hybridized carbons (Fsp3) is 0.0938. The molecule has 0 fully saturated rings. The van der Waals surface area contributed by atoms with Gasteiger partial charge in [-0.2, -0.15) is 0 Å². The van der Waals surface area contributed by atoms with E-state index in [1.165, 1.54) is 50.2 Å². The number of nitrogens with zero attached hydrogens (tertiary/aromatic N) is 3. The molecule has 324 valence electrons. The van der Waals surface area contributed by atoms with Gasteiger partial charge in [0.2, 0.25) is 0 Å². The zero-order valence-corrected chi connectivity index (χ0v) is 38.5. The van der Waals surface area contributed by atoms with Crippen molar-refractivity contribution in [2.45, 2.75) is 38.5 Å². The van der Waals surface area contributed by atoms with E-state index in [0.29, 0.717) is 5.82 Å². The van der Waals surface area contributed by atoms with E-state index >= 15 is 0 Å². The molecule has 0 N–H and O–H groups in total. The maximum Gasteiger partial charge on any atom is 0.160 e. The molecule has 0 saturated carbocycles. The van der Waals surface area contributed by atoms with Gasteiger partial charge in [-0.1, -0.05) is 185 Å². The predicted octanol–water partition coefficient (Wildman–Crippen LogP) is 17.1. The molecule has 0 bridgehead atoms. The highest BCUT2D eigenvalue weighted by Gasteiger charge is 2.39. The maximum atomic E-state index is 6.58. The van der Waals surface area contributed by atoms with Gasteiger partial charge in [0.1, 0.15) is 11.2 Å². The van der Waals surface area contributed by atoms with E-state index in [-0.39, 0.29) is 10.8 Å². The summed E-state index contributed by atoms with van der Waals surface area (Å²) in [6.07, 6.45) is 0. The summed E-state index contributed by atoms with van der Waals surface area (Å²) in [4.78, 5) is 12.8. The molecule has 0 atom stereocenters. The molecule has 2 heterocycles. The number of fused-ring (bicyclic) bond motifs is 9. The maximum absolute atomic E-state index is 6.58. The molecule has 2 aliphatic carbocycles. The fourth-order valence-electron chi connectivity index (χ4n) is 11.3. The van der Waals surface area contributed by atoms with Crippen LogP contribution in [0.3, 0.4) is 0 Å². The molecule has 0 spiro atoms. The third-order valence-corrected chi connectivity index (χ3v) is 14.7. The van der Waals surface area contributed by atoms with Crippen LogP contribution in [0.5, 0.6) is 0 Å². The van der Waals surface area contributed by atoms with Gasteiger partial charge in [-0.15, -0.1) is 0 Å². The van der Waals surface area contributed by atoms with Gasteiger partial charge in [0.25, 0.3) is 0 Å². The number of furan rings is 1. The van der Waals surface area contributed by atoms with Crippen molar-refractivity contribution in [2.75, 3.05) is 4.90 Å². The van der Waals surface area contributed by atoms with Gasteiger partial charge >= 0.3 is 0 Å². The first-order valence-electron chi connectivity index (χ1n) is 23.6. The number of hydrogen-bond acceptors (Lipinski definition) is 4. The van der Waals surface area contributed by atoms with Gasteiger partial charge < -0.3 is 9.32 Å². The average Bonchev–Trinajstić information content (AvgIpc) is 3.96. The first-order chi connectivity index (χ1) is 33.2. The van der Waals surface area contributed by atoms with Crippen LogP contribution in [0.15, 0.2) is 217 Å². The Hall–Kier alpha value is -8.34. The van der Waals surface area contributed by atoms with E-state index in [1.54, 1.807) is 0 Å². The van der Waals surface area contributed by atoms with Gasteiger partial charge in [-0.05, 0) is 105 Å². The van der Waals surface area contributed by atoms with Gasteiger partial charge in [0, 0.05) is 55.2 Å². The molecule has 11 aromatic rings. The Morgan fingerprint density at radius 2 is 0.971 bits per heavy atom. The summed E-state index contributed by atoms with van der Waals surface area (Å²) >= 11 is 0. The van der Waals surface area contributed by atoms with Crippen molar-refractivity contribution in [2.24, 2.45) is 0 Å². The third kappa shape index (κ3) is 6.14. The van der Waals surface area contributed by atoms with E-state index in [1.807, 2.05) is 24.3 Å². The summed E-state index contributed by atoms with van der Waals surface area (Å²) < 4.78 is 6.58. The van der Waals surface area contributed by atoms with Crippen molar-refractivity contribution in [3.8, 4) is 67.3 Å². The molecular weight excluding hydrogens is 827 g/mol. The lowest BCUT2D eigenvalue weighted by Crippen LogP contribution is -2.17. The quantitative estimate of drug-likeness (QED) is 0.160. The molecule has 13 rings (SSSR count). The highest BCUT2D eigenvalue weighted by molar-refractivity contribution is 6.13. The van der Waals surface area contributed by atoms with Crippen LogP contribution in [-0.4, -0.2) is 9.97 Å². The molecule has 4 heteroatoms. The van der Waals surface area contributed by atoms with Crippen LogP contribution in [-0.2, 0) is 10.8 Å². The SMILES string of the molecule is CC1(C)c2ccccc2-c2ccc(N(c3ccc(-c4ccc5oc6cccc(-c7cc(-c8ccccc8)nc(-c8ccccc8)n7)c6c5c4)cc3)c3cccc4c3-c3ccccc3C4(C)C)cc21. The Morgan fingerprint density at radius 3 is 1.75 bits per heavy atom. The van der Waals surface area contributed by atoms with Crippen molar-refractivity contribution >= 4 is 39.0 Å². The Kier molecular flexibility index (Phi) is 8.88. The van der Waals surface area contributed by atoms with E-state index in [0.717, 1.165) is 72.5 Å². The molecule has 0 saturated heterocycles. The lowest BCUT2D eigenvalue weighted by atomic mass is 9.82. The van der Waals surface area contributed by atoms with Crippen LogP contribution in [0, 0.1) is 0 Å². The normalized spacial score (nSPS) is 13.8. The number of benzene rings is 9. The Labute approximate surface area is 396 Å². The Bertz CT molecular complexity index is 3730. The van der Waals surface area contributed by atoms with Crippen molar-refractivity contribution in [1.29, 1.82) is 0 Å². The van der Waals surface area contributed by atoms with Crippen molar-refractivity contribution < 1.29 is 4.42 Å². The summed E-state index contributed by atoms with van der Waals surface area (Å²) in [5.74, 6) is 0.684. The number of hydrogen-bond donors (Lipinski definition) is 0. The summed E-state index contributed by atoms with van der Waals surface area (Å²) in [5, 5.41) is 2.08. The summed E-state index contributed by atoms with van der Waals surface area (Å²) in [6, 6.07) is 76.4. The zero-order chi connectivity index (χ0) is 45.7. The first kappa shape index (κ1) is 40.0. The number of aromatic nitrogens is 2. The minimum atomic E-state index is -0.137. The minimum Gasteiger partial charge on any atom is -0.456 e. The predicted molar refractivity (Wildman–Crippen MR) is 281 cm³/mol. The summed E-state index contributed by atoms with van der Waals surface area (Å²) in [7, 11) is 0. The van der Waals surface area contributed by atoms with Gasteiger partial charge in [-0.25, -0.2) is 9.97 Å². The average molecular weight is 874 g/mol. The third-order valence-electron chi connectivity index (χ3n) is 14.7. The highest BCUT2D eigenvalue weighted by atomic mass is 16.3. The number of anilines is 3. The molecule has 0 aliphatic heterocycles. The topological polar surface area (TPSA) is 42.2 Å². The highest BCUT2D eigenvalue weighted by Crippen LogP contribution is 2.56. The molecule has 9 aromatic carbocycles. The van der Waals surface area contributed by atoms with Crippen molar-refractivity contribution in [3.05, 3.63) is 235 Å². The molecule has 4 nitrogen and oxygen atoms in total. The van der Waals surface area contributed by atoms with Crippen molar-refractivity contribution in [1.82, 2.24) is 9.97 Å². The van der Waals surface area contributed by atoms with Crippen LogP contribution in [0.4, 0.5) is 17.1 Å². The lowest BCUT2D eigenvalue weighted by Gasteiger charge is -2.30. The van der Waals surface area contributed by atoms with Crippen LogP contribution >= 0.6 is 0 Å². The van der Waals surface area contributed by atoms with Crippen LogP contribution < -0.4 is 4.90 Å². The van der Waals surface area contributed by atoms with Crippen molar-refractivity contribution in [3.63, 3.8) is 0 Å². The molecule has 0 amide bonds. The summed E-state index contributed by atoms with van der Waals surface area (Å²) in [5.41, 5.74) is 22.4. The van der Waals surface area contributed by atoms with E-state index in [9.17, 15) is 0 Å². The second-order valence-electron chi connectivity index (χ2n) is 19.3. The smallest absolute Gasteiger partial charge is 0.160 e.